The molecule has 1 saturated heterocycles. The summed E-state index contributed by atoms with van der Waals surface area (Å²) < 4.78 is 38.1. The number of piperidine rings is 1. The molecule has 2 aromatic rings. The highest BCUT2D eigenvalue weighted by Crippen LogP contribution is 2.31. The van der Waals surface area contributed by atoms with Gasteiger partial charge in [-0.1, -0.05) is 6.42 Å². The van der Waals surface area contributed by atoms with Gasteiger partial charge in [0.05, 0.1) is 18.4 Å². The largest absolute Gasteiger partial charge is 0.495 e. The lowest BCUT2D eigenvalue weighted by atomic mass is 10.1. The van der Waals surface area contributed by atoms with Gasteiger partial charge in [-0.05, 0) is 50.1 Å². The van der Waals surface area contributed by atoms with Crippen molar-refractivity contribution in [2.45, 2.75) is 37.1 Å². The molecule has 0 saturated carbocycles. The highest BCUT2D eigenvalue weighted by Gasteiger charge is 2.33. The molecule has 0 spiro atoms. The number of hydrogen-bond acceptors (Lipinski definition) is 6. The van der Waals surface area contributed by atoms with Gasteiger partial charge in [-0.3, -0.25) is 4.79 Å². The van der Waals surface area contributed by atoms with E-state index >= 15 is 0 Å². The standard InChI is InChI=1S/C20H24N2O6S/c1-14-6-3-4-11-22(14)29(25,26)19-12-15(8-9-18(19)27-2)20(24)28-13-17(23)16-7-5-10-21-16/h5,7-10,12,14,21H,3-4,6,11,13H2,1-2H3/t14-/m1/s1. The Balaban J connectivity index is 1.82. The van der Waals surface area contributed by atoms with Crippen LogP contribution in [0.5, 0.6) is 5.75 Å². The second-order valence-corrected chi connectivity index (χ2v) is 8.77. The Labute approximate surface area is 169 Å². The van der Waals surface area contributed by atoms with Gasteiger partial charge in [0.15, 0.2) is 6.61 Å². The minimum Gasteiger partial charge on any atom is -0.495 e. The number of methoxy groups -OCH3 is 1. The molecule has 0 amide bonds. The van der Waals surface area contributed by atoms with Gasteiger partial charge in [-0.25, -0.2) is 13.2 Å². The molecule has 1 fully saturated rings. The predicted octanol–water partition coefficient (Wildman–Crippen LogP) is 2.63. The van der Waals surface area contributed by atoms with E-state index in [1.807, 2.05) is 6.92 Å². The number of Topliss-reactive ketones (excluding diaryl/α,β-unsaturated/α-hetero) is 1. The normalized spacial score (nSPS) is 17.7. The monoisotopic (exact) mass is 420 g/mol. The fourth-order valence-electron chi connectivity index (χ4n) is 3.36. The van der Waals surface area contributed by atoms with Gasteiger partial charge in [0.2, 0.25) is 15.8 Å². The maximum absolute atomic E-state index is 13.2. The van der Waals surface area contributed by atoms with Gasteiger partial charge < -0.3 is 14.5 Å². The van der Waals surface area contributed by atoms with Crippen LogP contribution in [0.3, 0.4) is 0 Å². The average Bonchev–Trinajstić information content (AvgIpc) is 3.26. The van der Waals surface area contributed by atoms with E-state index < -0.39 is 22.6 Å². The highest BCUT2D eigenvalue weighted by atomic mass is 32.2. The molecule has 0 unspecified atom stereocenters. The van der Waals surface area contributed by atoms with Crippen molar-refractivity contribution in [3.8, 4) is 5.75 Å². The Hall–Kier alpha value is -2.65. The topological polar surface area (TPSA) is 106 Å². The van der Waals surface area contributed by atoms with E-state index in [0.717, 1.165) is 19.3 Å². The molecule has 3 rings (SSSR count). The summed E-state index contributed by atoms with van der Waals surface area (Å²) in [5.41, 5.74) is 0.364. The van der Waals surface area contributed by atoms with Crippen molar-refractivity contribution in [3.63, 3.8) is 0 Å². The summed E-state index contributed by atoms with van der Waals surface area (Å²) in [6.07, 6.45) is 4.14. The van der Waals surface area contributed by atoms with Crippen molar-refractivity contribution in [2.75, 3.05) is 20.3 Å². The first-order valence-corrected chi connectivity index (χ1v) is 10.8. The van der Waals surface area contributed by atoms with Gasteiger partial charge in [0.25, 0.3) is 0 Å². The third-order valence-corrected chi connectivity index (χ3v) is 7.00. The smallest absolute Gasteiger partial charge is 0.338 e. The minimum absolute atomic E-state index is 0.0355. The van der Waals surface area contributed by atoms with Crippen LogP contribution in [0.2, 0.25) is 0 Å². The fourth-order valence-corrected chi connectivity index (χ4v) is 5.24. The Morgan fingerprint density at radius 3 is 2.69 bits per heavy atom. The van der Waals surface area contributed by atoms with Crippen LogP contribution in [-0.2, 0) is 14.8 Å². The zero-order valence-corrected chi connectivity index (χ0v) is 17.2. The van der Waals surface area contributed by atoms with Crippen LogP contribution < -0.4 is 4.74 Å². The lowest BCUT2D eigenvalue weighted by Gasteiger charge is -2.32. The molecule has 1 aromatic carbocycles. The van der Waals surface area contributed by atoms with E-state index in [-0.39, 0.29) is 28.0 Å². The highest BCUT2D eigenvalue weighted by molar-refractivity contribution is 7.89. The zero-order chi connectivity index (χ0) is 21.0. The van der Waals surface area contributed by atoms with Crippen LogP contribution in [0.25, 0.3) is 0 Å². The van der Waals surface area contributed by atoms with E-state index in [4.69, 9.17) is 9.47 Å². The fraction of sp³-hybridized carbons (Fsp3) is 0.400. The molecule has 9 heteroatoms. The molecule has 0 radical (unpaired) electrons. The van der Waals surface area contributed by atoms with Crippen molar-refractivity contribution in [3.05, 3.63) is 47.8 Å². The Bertz CT molecular complexity index is 984. The second kappa shape index (κ2) is 8.79. The quantitative estimate of drug-likeness (QED) is 0.545. The van der Waals surface area contributed by atoms with Gasteiger partial charge in [-0.2, -0.15) is 4.31 Å². The Kier molecular flexibility index (Phi) is 6.39. The first-order chi connectivity index (χ1) is 13.8. The lowest BCUT2D eigenvalue weighted by molar-refractivity contribution is 0.0473. The maximum atomic E-state index is 13.2. The predicted molar refractivity (Wildman–Crippen MR) is 106 cm³/mol. The molecule has 2 heterocycles. The van der Waals surface area contributed by atoms with E-state index in [1.54, 1.807) is 18.3 Å². The summed E-state index contributed by atoms with van der Waals surface area (Å²) >= 11 is 0. The SMILES string of the molecule is COc1ccc(C(=O)OCC(=O)c2ccc[nH]2)cc1S(=O)(=O)N1CCCC[C@H]1C. The lowest BCUT2D eigenvalue weighted by Crippen LogP contribution is -2.42. The molecule has 1 aromatic heterocycles. The number of H-pyrrole nitrogens is 1. The molecule has 1 aliphatic heterocycles. The van der Waals surface area contributed by atoms with Crippen LogP contribution in [0.1, 0.15) is 47.0 Å². The molecule has 1 atom stereocenters. The van der Waals surface area contributed by atoms with Gasteiger partial charge in [-0.15, -0.1) is 0 Å². The Morgan fingerprint density at radius 2 is 2.03 bits per heavy atom. The molecule has 29 heavy (non-hydrogen) atoms. The number of ketones is 1. The minimum atomic E-state index is -3.85. The molecule has 1 N–H and O–H groups in total. The summed E-state index contributed by atoms with van der Waals surface area (Å²) in [6.45, 7) is 1.84. The number of aromatic nitrogens is 1. The number of aromatic amines is 1. The van der Waals surface area contributed by atoms with E-state index in [1.165, 1.54) is 29.6 Å². The Morgan fingerprint density at radius 1 is 1.24 bits per heavy atom. The van der Waals surface area contributed by atoms with Crippen molar-refractivity contribution >= 4 is 21.8 Å². The van der Waals surface area contributed by atoms with Gasteiger partial charge in [0.1, 0.15) is 10.6 Å². The number of carbonyl (C=O) groups is 2. The molecule has 156 valence electrons. The van der Waals surface area contributed by atoms with Crippen molar-refractivity contribution in [2.24, 2.45) is 0 Å². The summed E-state index contributed by atoms with van der Waals surface area (Å²) in [5, 5.41) is 0. The van der Waals surface area contributed by atoms with Gasteiger partial charge in [0, 0.05) is 18.8 Å². The maximum Gasteiger partial charge on any atom is 0.338 e. The van der Waals surface area contributed by atoms with Crippen LogP contribution in [-0.4, -0.2) is 55.8 Å². The molecule has 0 bridgehead atoms. The van der Waals surface area contributed by atoms with Crippen molar-refractivity contribution in [1.29, 1.82) is 0 Å². The summed E-state index contributed by atoms with van der Waals surface area (Å²) in [4.78, 5) is 27.0. The molecular weight excluding hydrogens is 396 g/mol. The summed E-state index contributed by atoms with van der Waals surface area (Å²) in [6, 6.07) is 7.19. The van der Waals surface area contributed by atoms with Crippen LogP contribution in [0.4, 0.5) is 0 Å². The van der Waals surface area contributed by atoms with Crippen LogP contribution in [0.15, 0.2) is 41.4 Å². The average molecular weight is 420 g/mol. The first-order valence-electron chi connectivity index (χ1n) is 9.38. The number of nitrogens with zero attached hydrogens (tertiary/aromatic N) is 1. The first kappa shape index (κ1) is 21.1. The summed E-state index contributed by atoms with van der Waals surface area (Å²) in [5.74, 6) is -1.01. The number of nitrogens with one attached hydrogen (secondary N) is 1. The van der Waals surface area contributed by atoms with E-state index in [0.29, 0.717) is 12.2 Å². The molecule has 0 aliphatic carbocycles. The molecular formula is C20H24N2O6S. The van der Waals surface area contributed by atoms with Crippen LogP contribution >= 0.6 is 0 Å². The van der Waals surface area contributed by atoms with Crippen molar-refractivity contribution < 1.29 is 27.5 Å². The second-order valence-electron chi connectivity index (χ2n) is 6.91. The van der Waals surface area contributed by atoms with E-state index in [9.17, 15) is 18.0 Å². The number of benzene rings is 1. The third kappa shape index (κ3) is 4.51. The van der Waals surface area contributed by atoms with E-state index in [2.05, 4.69) is 4.98 Å². The number of ether oxygens (including phenoxy) is 2. The zero-order valence-electron chi connectivity index (χ0n) is 16.4. The number of hydrogen-bond donors (Lipinski definition) is 1. The number of esters is 1. The third-order valence-electron chi connectivity index (χ3n) is 4.96. The van der Waals surface area contributed by atoms with Crippen molar-refractivity contribution in [1.82, 2.24) is 9.29 Å². The number of sulfonamides is 1. The molecule has 1 aliphatic rings. The van der Waals surface area contributed by atoms with Gasteiger partial charge >= 0.3 is 5.97 Å². The number of rotatable bonds is 7. The number of carbonyl (C=O) groups excluding carboxylic acids is 2. The molecule has 8 nitrogen and oxygen atoms in total. The van der Waals surface area contributed by atoms with Crippen LogP contribution in [0, 0.1) is 0 Å². The summed E-state index contributed by atoms with van der Waals surface area (Å²) in [7, 11) is -2.47.